The van der Waals surface area contributed by atoms with E-state index in [0.717, 1.165) is 22.3 Å². The van der Waals surface area contributed by atoms with Crippen molar-refractivity contribution in [3.05, 3.63) is 154 Å². The van der Waals surface area contributed by atoms with E-state index in [0.29, 0.717) is 19.6 Å². The lowest BCUT2D eigenvalue weighted by atomic mass is 9.74. The van der Waals surface area contributed by atoms with Gasteiger partial charge in [0.2, 0.25) is 6.54 Å². The molecule has 0 spiro atoms. The number of carbonyl (C=O) groups is 1. The number of rotatable bonds is 10. The minimum atomic E-state index is -0.805. The zero-order valence-corrected chi connectivity index (χ0v) is 25.5. The number of nitrogens with zero attached hydrogens (tertiary/aromatic N) is 2. The summed E-state index contributed by atoms with van der Waals surface area (Å²) >= 11 is 0. The van der Waals surface area contributed by atoms with E-state index in [4.69, 9.17) is 14.2 Å². The van der Waals surface area contributed by atoms with Gasteiger partial charge in [-0.1, -0.05) is 135 Å². The standard InChI is InChI=1S/C37H38N2O6/c1-36(2,23-32-43-25-37(26-44-32,29-19-11-5-12-20-29)30-21-13-6-14-22-30)31(24-38(41)42)39-33(27-15-7-3-8-16-27)34(45-35(39)40)28-17-9-4-10-18-28/h3-22,31-34H,23-26H2,1-2H3/t31-,33+,34-/m1/s1. The molecule has 2 aliphatic heterocycles. The molecule has 2 heterocycles. The van der Waals surface area contributed by atoms with Gasteiger partial charge < -0.3 is 14.2 Å². The minimum Gasteiger partial charge on any atom is -0.439 e. The molecule has 8 nitrogen and oxygen atoms in total. The van der Waals surface area contributed by atoms with E-state index in [1.807, 2.05) is 111 Å². The van der Waals surface area contributed by atoms with Crippen LogP contribution in [0.3, 0.4) is 0 Å². The van der Waals surface area contributed by atoms with Crippen molar-refractivity contribution >= 4 is 6.09 Å². The van der Waals surface area contributed by atoms with E-state index in [-0.39, 0.29) is 4.92 Å². The first kappa shape index (κ1) is 30.5. The third-order valence-electron chi connectivity index (χ3n) is 9.23. The third kappa shape index (κ3) is 6.21. The van der Waals surface area contributed by atoms with E-state index in [9.17, 15) is 14.9 Å². The Bertz CT molecular complexity index is 1530. The molecular weight excluding hydrogens is 568 g/mol. The van der Waals surface area contributed by atoms with Gasteiger partial charge in [0.25, 0.3) is 0 Å². The molecule has 232 valence electrons. The van der Waals surface area contributed by atoms with E-state index in [1.54, 1.807) is 4.90 Å². The van der Waals surface area contributed by atoms with Gasteiger partial charge in [-0.05, 0) is 27.7 Å². The molecule has 0 saturated carbocycles. The highest BCUT2D eigenvalue weighted by atomic mass is 16.7. The van der Waals surface area contributed by atoms with Crippen LogP contribution < -0.4 is 0 Å². The van der Waals surface area contributed by atoms with Gasteiger partial charge in [-0.3, -0.25) is 15.0 Å². The van der Waals surface area contributed by atoms with Crippen LogP contribution in [0.15, 0.2) is 121 Å². The van der Waals surface area contributed by atoms with Crippen molar-refractivity contribution in [2.75, 3.05) is 19.8 Å². The molecule has 0 N–H and O–H groups in total. The lowest BCUT2D eigenvalue weighted by Gasteiger charge is -2.45. The number of hydrogen-bond acceptors (Lipinski definition) is 6. The average molecular weight is 607 g/mol. The molecular formula is C37H38N2O6. The van der Waals surface area contributed by atoms with Crippen LogP contribution >= 0.6 is 0 Å². The molecule has 0 bridgehead atoms. The summed E-state index contributed by atoms with van der Waals surface area (Å²) in [7, 11) is 0. The maximum absolute atomic E-state index is 13.7. The summed E-state index contributed by atoms with van der Waals surface area (Å²) in [6.45, 7) is 4.20. The fourth-order valence-corrected chi connectivity index (χ4v) is 6.80. The van der Waals surface area contributed by atoms with Crippen LogP contribution in [-0.2, 0) is 19.6 Å². The van der Waals surface area contributed by atoms with Crippen molar-refractivity contribution in [2.45, 2.75) is 50.2 Å². The van der Waals surface area contributed by atoms with Gasteiger partial charge >= 0.3 is 6.09 Å². The van der Waals surface area contributed by atoms with Crippen LogP contribution in [0, 0.1) is 15.5 Å². The topological polar surface area (TPSA) is 91.1 Å². The van der Waals surface area contributed by atoms with Gasteiger partial charge in [0.1, 0.15) is 12.1 Å². The van der Waals surface area contributed by atoms with Crippen molar-refractivity contribution in [2.24, 2.45) is 5.41 Å². The van der Waals surface area contributed by atoms with Crippen molar-refractivity contribution in [3.63, 3.8) is 0 Å². The number of cyclic esters (lactones) is 1. The van der Waals surface area contributed by atoms with Gasteiger partial charge in [-0.25, -0.2) is 4.79 Å². The van der Waals surface area contributed by atoms with Gasteiger partial charge in [0.15, 0.2) is 12.4 Å². The fourth-order valence-electron chi connectivity index (χ4n) is 6.80. The average Bonchev–Trinajstić information content (AvgIpc) is 3.41. The monoisotopic (exact) mass is 606 g/mol. The highest BCUT2D eigenvalue weighted by Gasteiger charge is 2.53. The zero-order chi connectivity index (χ0) is 31.4. The van der Waals surface area contributed by atoms with Crippen LogP contribution in [0.4, 0.5) is 4.79 Å². The van der Waals surface area contributed by atoms with Gasteiger partial charge in [-0.2, -0.15) is 0 Å². The van der Waals surface area contributed by atoms with E-state index in [2.05, 4.69) is 24.3 Å². The molecule has 8 heteroatoms. The van der Waals surface area contributed by atoms with Crippen LogP contribution in [0.5, 0.6) is 0 Å². The van der Waals surface area contributed by atoms with Crippen molar-refractivity contribution in [1.82, 2.24) is 4.90 Å². The maximum Gasteiger partial charge on any atom is 0.411 e. The molecule has 4 aromatic carbocycles. The van der Waals surface area contributed by atoms with Crippen LogP contribution in [0.2, 0.25) is 0 Å². The highest BCUT2D eigenvalue weighted by molar-refractivity contribution is 5.72. The first-order valence-corrected chi connectivity index (χ1v) is 15.3. The summed E-state index contributed by atoms with van der Waals surface area (Å²) in [5.41, 5.74) is 2.59. The van der Waals surface area contributed by atoms with Crippen molar-refractivity contribution < 1.29 is 23.9 Å². The molecule has 6 rings (SSSR count). The molecule has 0 unspecified atom stereocenters. The van der Waals surface area contributed by atoms with Gasteiger partial charge in [0, 0.05) is 11.3 Å². The summed E-state index contributed by atoms with van der Waals surface area (Å²) in [6.07, 6.45) is -1.47. The maximum atomic E-state index is 13.7. The Balaban J connectivity index is 1.29. The summed E-state index contributed by atoms with van der Waals surface area (Å²) in [5, 5.41) is 12.2. The molecule has 1 amide bonds. The SMILES string of the molecule is CC(C)(CC1OCC(c2ccccc2)(c2ccccc2)CO1)[C@@H](C[N+](=O)[O-])N1C(=O)O[C@H](c2ccccc2)[C@@H]1c1ccccc1. The fraction of sp³-hybridized carbons (Fsp3) is 0.324. The van der Waals surface area contributed by atoms with Gasteiger partial charge in [-0.15, -0.1) is 0 Å². The van der Waals surface area contributed by atoms with Crippen molar-refractivity contribution in [1.29, 1.82) is 0 Å². The second-order valence-corrected chi connectivity index (χ2v) is 12.6. The first-order valence-electron chi connectivity index (χ1n) is 15.3. The Kier molecular flexibility index (Phi) is 8.70. The number of benzene rings is 4. The Morgan fingerprint density at radius 2 is 1.27 bits per heavy atom. The van der Waals surface area contributed by atoms with Gasteiger partial charge in [0.05, 0.1) is 18.6 Å². The van der Waals surface area contributed by atoms with Crippen LogP contribution in [0.25, 0.3) is 0 Å². The van der Waals surface area contributed by atoms with E-state index in [1.165, 1.54) is 0 Å². The molecule has 2 aliphatic rings. The Morgan fingerprint density at radius 3 is 1.76 bits per heavy atom. The molecule has 45 heavy (non-hydrogen) atoms. The molecule has 2 fully saturated rings. The summed E-state index contributed by atoms with van der Waals surface area (Å²) in [4.78, 5) is 27.1. The largest absolute Gasteiger partial charge is 0.439 e. The third-order valence-corrected chi connectivity index (χ3v) is 9.23. The normalized spacial score (nSPS) is 20.8. The lowest BCUT2D eigenvalue weighted by molar-refractivity contribution is -0.490. The molecule has 0 radical (unpaired) electrons. The smallest absolute Gasteiger partial charge is 0.411 e. The minimum absolute atomic E-state index is 0.340. The second kappa shape index (κ2) is 12.8. The molecule has 3 atom stereocenters. The predicted molar refractivity (Wildman–Crippen MR) is 170 cm³/mol. The van der Waals surface area contributed by atoms with Crippen LogP contribution in [-0.4, -0.2) is 48.0 Å². The number of carbonyl (C=O) groups excluding carboxylic acids is 1. The Labute approximate surface area is 263 Å². The zero-order valence-electron chi connectivity index (χ0n) is 25.5. The quantitative estimate of drug-likeness (QED) is 0.139. The summed E-state index contributed by atoms with van der Waals surface area (Å²) in [6, 6.07) is 38.1. The number of ether oxygens (including phenoxy) is 3. The van der Waals surface area contributed by atoms with Crippen LogP contribution in [0.1, 0.15) is 54.7 Å². The molecule has 4 aromatic rings. The Hall–Kier alpha value is -4.53. The molecule has 2 saturated heterocycles. The lowest BCUT2D eigenvalue weighted by Crippen LogP contribution is -2.53. The predicted octanol–water partition coefficient (Wildman–Crippen LogP) is 7.34. The first-order chi connectivity index (χ1) is 21.8. The van der Waals surface area contributed by atoms with Crippen molar-refractivity contribution in [3.8, 4) is 0 Å². The number of hydrogen-bond donors (Lipinski definition) is 0. The molecule has 0 aliphatic carbocycles. The number of amides is 1. The molecule has 0 aromatic heterocycles. The second-order valence-electron chi connectivity index (χ2n) is 12.6. The van der Waals surface area contributed by atoms with E-state index < -0.39 is 47.9 Å². The summed E-state index contributed by atoms with van der Waals surface area (Å²) in [5.74, 6) is 0. The van der Waals surface area contributed by atoms with E-state index >= 15 is 0 Å². The number of nitro groups is 1. The Morgan fingerprint density at radius 1 is 0.800 bits per heavy atom. The highest BCUT2D eigenvalue weighted by Crippen LogP contribution is 2.48. The summed E-state index contributed by atoms with van der Waals surface area (Å²) < 4.78 is 18.9.